The SMILES string of the molecule is CC1NCCCCNC(C)C(=O)N(C(=O)c2ccccc2)C(=O)c2ccccc2C1=O. The van der Waals surface area contributed by atoms with Crippen molar-refractivity contribution in [2.24, 2.45) is 0 Å². The van der Waals surface area contributed by atoms with E-state index in [1.165, 1.54) is 6.07 Å². The zero-order valence-corrected chi connectivity index (χ0v) is 17.8. The third-order valence-electron chi connectivity index (χ3n) is 5.34. The number of imide groups is 3. The standard InChI is InChI=1S/C24H27N3O4/c1-16-21(28)19-12-6-7-13-20(19)24(31)27(23(30)18-10-4-3-5-11-18)22(29)17(2)26-15-9-8-14-25-16/h3-7,10-13,16-17,25-26H,8-9,14-15H2,1-2H3. The molecule has 2 aromatic carbocycles. The first-order valence-corrected chi connectivity index (χ1v) is 10.5. The zero-order chi connectivity index (χ0) is 22.4. The maximum Gasteiger partial charge on any atom is 0.268 e. The first-order chi connectivity index (χ1) is 14.9. The number of amides is 3. The molecule has 162 valence electrons. The van der Waals surface area contributed by atoms with Crippen molar-refractivity contribution in [1.29, 1.82) is 0 Å². The number of benzene rings is 2. The highest BCUT2D eigenvalue weighted by atomic mass is 16.2. The Morgan fingerprint density at radius 2 is 1.35 bits per heavy atom. The predicted molar refractivity (Wildman–Crippen MR) is 117 cm³/mol. The number of nitrogens with one attached hydrogen (secondary N) is 2. The Labute approximate surface area is 181 Å². The molecular formula is C24H27N3O4. The summed E-state index contributed by atoms with van der Waals surface area (Å²) in [5, 5.41) is 6.28. The van der Waals surface area contributed by atoms with Gasteiger partial charge in [-0.2, -0.15) is 0 Å². The quantitative estimate of drug-likeness (QED) is 0.687. The van der Waals surface area contributed by atoms with Gasteiger partial charge < -0.3 is 10.6 Å². The number of fused-ring (bicyclic) bond motifs is 1. The molecule has 31 heavy (non-hydrogen) atoms. The summed E-state index contributed by atoms with van der Waals surface area (Å²) >= 11 is 0. The van der Waals surface area contributed by atoms with Crippen LogP contribution in [0.25, 0.3) is 0 Å². The lowest BCUT2D eigenvalue weighted by molar-refractivity contribution is -0.128. The Hall–Kier alpha value is -3.16. The number of rotatable bonds is 1. The van der Waals surface area contributed by atoms with Gasteiger partial charge in [0.1, 0.15) is 0 Å². The summed E-state index contributed by atoms with van der Waals surface area (Å²) in [6.07, 6.45) is 1.60. The number of hydrogen-bond donors (Lipinski definition) is 2. The van der Waals surface area contributed by atoms with Crippen LogP contribution in [0.3, 0.4) is 0 Å². The smallest absolute Gasteiger partial charge is 0.268 e. The monoisotopic (exact) mass is 421 g/mol. The largest absolute Gasteiger partial charge is 0.307 e. The Kier molecular flexibility index (Phi) is 7.44. The van der Waals surface area contributed by atoms with Gasteiger partial charge in [-0.05, 0) is 58.0 Å². The summed E-state index contributed by atoms with van der Waals surface area (Å²) < 4.78 is 0. The summed E-state index contributed by atoms with van der Waals surface area (Å²) in [5.41, 5.74) is 0.434. The van der Waals surface area contributed by atoms with Crippen LogP contribution in [0.5, 0.6) is 0 Å². The van der Waals surface area contributed by atoms with Gasteiger partial charge in [-0.3, -0.25) is 19.2 Å². The molecule has 0 spiro atoms. The summed E-state index contributed by atoms with van der Waals surface area (Å²) in [6, 6.07) is 13.2. The number of carbonyl (C=O) groups excluding carboxylic acids is 4. The zero-order valence-electron chi connectivity index (χ0n) is 17.8. The molecule has 0 saturated heterocycles. The van der Waals surface area contributed by atoms with E-state index in [4.69, 9.17) is 0 Å². The third-order valence-corrected chi connectivity index (χ3v) is 5.34. The van der Waals surface area contributed by atoms with Crippen LogP contribution in [0.15, 0.2) is 54.6 Å². The normalized spacial score (nSPS) is 21.4. The molecule has 7 nitrogen and oxygen atoms in total. The highest BCUT2D eigenvalue weighted by molar-refractivity contribution is 6.23. The summed E-state index contributed by atoms with van der Waals surface area (Å²) in [7, 11) is 0. The number of hydrogen-bond acceptors (Lipinski definition) is 6. The lowest BCUT2D eigenvalue weighted by Gasteiger charge is -2.25. The third kappa shape index (κ3) is 5.13. The van der Waals surface area contributed by atoms with Gasteiger partial charge in [0.05, 0.1) is 17.6 Å². The fraction of sp³-hybridized carbons (Fsp3) is 0.333. The molecule has 0 radical (unpaired) electrons. The van der Waals surface area contributed by atoms with E-state index >= 15 is 0 Å². The highest BCUT2D eigenvalue weighted by Gasteiger charge is 2.35. The second kappa shape index (κ2) is 10.2. The second-order valence-electron chi connectivity index (χ2n) is 7.62. The van der Waals surface area contributed by atoms with Gasteiger partial charge in [-0.1, -0.05) is 36.4 Å². The van der Waals surface area contributed by atoms with Gasteiger partial charge in [0, 0.05) is 11.1 Å². The lowest BCUT2D eigenvalue weighted by atomic mass is 9.97. The Bertz CT molecular complexity index is 974. The van der Waals surface area contributed by atoms with Crippen LogP contribution < -0.4 is 10.6 Å². The summed E-state index contributed by atoms with van der Waals surface area (Å²) in [6.45, 7) is 4.57. The highest BCUT2D eigenvalue weighted by Crippen LogP contribution is 2.18. The molecular weight excluding hydrogens is 394 g/mol. The van der Waals surface area contributed by atoms with Crippen LogP contribution in [0, 0.1) is 0 Å². The maximum absolute atomic E-state index is 13.5. The van der Waals surface area contributed by atoms with Crippen LogP contribution in [-0.2, 0) is 4.79 Å². The van der Waals surface area contributed by atoms with Crippen molar-refractivity contribution in [2.75, 3.05) is 13.1 Å². The molecule has 1 aliphatic heterocycles. The molecule has 0 bridgehead atoms. The van der Waals surface area contributed by atoms with E-state index in [0.29, 0.717) is 18.0 Å². The maximum atomic E-state index is 13.5. The van der Waals surface area contributed by atoms with Crippen molar-refractivity contribution in [1.82, 2.24) is 15.5 Å². The lowest BCUT2D eigenvalue weighted by Crippen LogP contribution is -2.51. The van der Waals surface area contributed by atoms with E-state index in [-0.39, 0.29) is 22.5 Å². The van der Waals surface area contributed by atoms with Gasteiger partial charge >= 0.3 is 0 Å². The van der Waals surface area contributed by atoms with Gasteiger partial charge in [-0.15, -0.1) is 0 Å². The predicted octanol–water partition coefficient (Wildman–Crippen LogP) is 2.43. The van der Waals surface area contributed by atoms with Crippen LogP contribution in [0.2, 0.25) is 0 Å². The van der Waals surface area contributed by atoms with Crippen molar-refractivity contribution in [2.45, 2.75) is 38.8 Å². The summed E-state index contributed by atoms with van der Waals surface area (Å²) in [5.74, 6) is -2.43. The minimum atomic E-state index is -0.805. The van der Waals surface area contributed by atoms with Crippen LogP contribution in [0.4, 0.5) is 0 Å². The second-order valence-corrected chi connectivity index (χ2v) is 7.62. The molecule has 2 aromatic rings. The van der Waals surface area contributed by atoms with E-state index in [2.05, 4.69) is 10.6 Å². The molecule has 0 saturated carbocycles. The minimum Gasteiger partial charge on any atom is -0.307 e. The molecule has 2 atom stereocenters. The molecule has 2 N–H and O–H groups in total. The average molecular weight is 421 g/mol. The summed E-state index contributed by atoms with van der Waals surface area (Å²) in [4.78, 5) is 53.6. The van der Waals surface area contributed by atoms with E-state index in [0.717, 1.165) is 12.8 Å². The van der Waals surface area contributed by atoms with E-state index in [1.807, 2.05) is 0 Å². The van der Waals surface area contributed by atoms with E-state index in [1.54, 1.807) is 62.4 Å². The number of ketones is 1. The van der Waals surface area contributed by atoms with Gasteiger partial charge in [0.15, 0.2) is 5.78 Å². The topological polar surface area (TPSA) is 95.6 Å². The van der Waals surface area contributed by atoms with Crippen molar-refractivity contribution in [3.05, 3.63) is 71.3 Å². The molecule has 1 aliphatic rings. The molecule has 2 unspecified atom stereocenters. The molecule has 1 heterocycles. The van der Waals surface area contributed by atoms with E-state index in [9.17, 15) is 19.2 Å². The first kappa shape index (κ1) is 22.5. The van der Waals surface area contributed by atoms with Crippen molar-refractivity contribution in [3.63, 3.8) is 0 Å². The Balaban J connectivity index is 2.09. The fourth-order valence-corrected chi connectivity index (χ4v) is 3.50. The van der Waals surface area contributed by atoms with Crippen molar-refractivity contribution in [3.8, 4) is 0 Å². The molecule has 7 heteroatoms. The van der Waals surface area contributed by atoms with Crippen LogP contribution in [-0.4, -0.2) is 53.6 Å². The average Bonchev–Trinajstić information content (AvgIpc) is 2.80. The van der Waals surface area contributed by atoms with Gasteiger partial charge in [-0.25, -0.2) is 4.90 Å². The minimum absolute atomic E-state index is 0.0306. The molecule has 0 fully saturated rings. The Morgan fingerprint density at radius 3 is 2.00 bits per heavy atom. The van der Waals surface area contributed by atoms with Crippen molar-refractivity contribution < 1.29 is 19.2 Å². The van der Waals surface area contributed by atoms with Gasteiger partial charge in [0.25, 0.3) is 17.7 Å². The Morgan fingerprint density at radius 1 is 0.806 bits per heavy atom. The molecule has 0 aliphatic carbocycles. The van der Waals surface area contributed by atoms with Gasteiger partial charge in [0.2, 0.25) is 0 Å². The first-order valence-electron chi connectivity index (χ1n) is 10.5. The van der Waals surface area contributed by atoms with Crippen LogP contribution >= 0.6 is 0 Å². The molecule has 3 amide bonds. The van der Waals surface area contributed by atoms with Crippen LogP contribution in [0.1, 0.15) is 57.8 Å². The van der Waals surface area contributed by atoms with Crippen molar-refractivity contribution >= 4 is 23.5 Å². The number of nitrogens with zero attached hydrogens (tertiary/aromatic N) is 1. The van der Waals surface area contributed by atoms with E-state index < -0.39 is 29.8 Å². The fourth-order valence-electron chi connectivity index (χ4n) is 3.50. The number of carbonyl (C=O) groups is 4. The molecule has 3 rings (SSSR count). The number of Topliss-reactive ketones (excluding diaryl/α,β-unsaturated/α-hetero) is 1. The molecule has 0 aromatic heterocycles.